The molecule has 0 saturated heterocycles. The average Bonchev–Trinajstić information content (AvgIpc) is 2.98. The van der Waals surface area contributed by atoms with Gasteiger partial charge in [-0.25, -0.2) is 4.68 Å². The first kappa shape index (κ1) is 17.5. The molecule has 2 aromatic carbocycles. The third-order valence-electron chi connectivity index (χ3n) is 4.59. The lowest BCUT2D eigenvalue weighted by atomic mass is 9.91. The van der Waals surface area contributed by atoms with E-state index in [2.05, 4.69) is 27.1 Å². The van der Waals surface area contributed by atoms with Crippen LogP contribution in [0.1, 0.15) is 22.4 Å². The number of aryl methyl sites for hydroxylation is 2. The largest absolute Gasteiger partial charge is 0.453 e. The minimum absolute atomic E-state index is 0.399. The fourth-order valence-electron chi connectivity index (χ4n) is 3.26. The molecular weight excluding hydrogens is 404 g/mol. The minimum Gasteiger partial charge on any atom is -0.453 e. The SMILES string of the molecule is Cc1ccc(-n2nc(C)c3c2OC(N)C(C#N)=C3c2ccc(Br)cc2)cc1. The van der Waals surface area contributed by atoms with Crippen molar-refractivity contribution >= 4 is 21.5 Å². The summed E-state index contributed by atoms with van der Waals surface area (Å²) in [6, 6.07) is 18.0. The van der Waals surface area contributed by atoms with Crippen molar-refractivity contribution in [2.24, 2.45) is 5.73 Å². The van der Waals surface area contributed by atoms with Crippen LogP contribution in [0.5, 0.6) is 5.88 Å². The van der Waals surface area contributed by atoms with E-state index in [4.69, 9.17) is 10.5 Å². The quantitative estimate of drug-likeness (QED) is 0.671. The highest BCUT2D eigenvalue weighted by Crippen LogP contribution is 2.42. The molecule has 27 heavy (non-hydrogen) atoms. The Balaban J connectivity index is 1.97. The van der Waals surface area contributed by atoms with Crippen molar-refractivity contribution in [3.05, 3.63) is 81.0 Å². The van der Waals surface area contributed by atoms with Gasteiger partial charge in [0, 0.05) is 10.0 Å². The molecule has 2 N–H and O–H groups in total. The van der Waals surface area contributed by atoms with Gasteiger partial charge in [-0.3, -0.25) is 5.73 Å². The van der Waals surface area contributed by atoms with E-state index in [9.17, 15) is 5.26 Å². The normalized spacial score (nSPS) is 15.9. The first-order chi connectivity index (χ1) is 13.0. The van der Waals surface area contributed by atoms with Crippen LogP contribution in [-0.4, -0.2) is 16.0 Å². The summed E-state index contributed by atoms with van der Waals surface area (Å²) in [4.78, 5) is 0. The van der Waals surface area contributed by atoms with Gasteiger partial charge in [-0.05, 0) is 43.7 Å². The van der Waals surface area contributed by atoms with Gasteiger partial charge in [-0.2, -0.15) is 10.4 Å². The smallest absolute Gasteiger partial charge is 0.226 e. The van der Waals surface area contributed by atoms with Crippen LogP contribution in [0.2, 0.25) is 0 Å². The summed E-state index contributed by atoms with van der Waals surface area (Å²) in [5, 5.41) is 14.4. The van der Waals surface area contributed by atoms with Crippen LogP contribution in [0.3, 0.4) is 0 Å². The van der Waals surface area contributed by atoms with E-state index in [0.29, 0.717) is 11.5 Å². The van der Waals surface area contributed by atoms with Gasteiger partial charge in [-0.15, -0.1) is 0 Å². The van der Waals surface area contributed by atoms with Crippen molar-refractivity contribution in [2.75, 3.05) is 0 Å². The molecule has 1 aliphatic heterocycles. The summed E-state index contributed by atoms with van der Waals surface area (Å²) in [7, 11) is 0. The topological polar surface area (TPSA) is 76.9 Å². The molecule has 1 aromatic heterocycles. The zero-order valence-electron chi connectivity index (χ0n) is 14.9. The van der Waals surface area contributed by atoms with Crippen LogP contribution in [0.25, 0.3) is 11.3 Å². The summed E-state index contributed by atoms with van der Waals surface area (Å²) >= 11 is 3.45. The highest BCUT2D eigenvalue weighted by molar-refractivity contribution is 9.10. The van der Waals surface area contributed by atoms with Gasteiger partial charge in [0.05, 0.1) is 22.5 Å². The first-order valence-electron chi connectivity index (χ1n) is 8.49. The van der Waals surface area contributed by atoms with Crippen molar-refractivity contribution in [2.45, 2.75) is 20.1 Å². The van der Waals surface area contributed by atoms with Crippen LogP contribution in [0.4, 0.5) is 0 Å². The molecule has 6 heteroatoms. The number of hydrogen-bond donors (Lipinski definition) is 1. The number of ether oxygens (including phenoxy) is 1. The van der Waals surface area contributed by atoms with Gasteiger partial charge < -0.3 is 4.74 Å². The van der Waals surface area contributed by atoms with Gasteiger partial charge >= 0.3 is 0 Å². The summed E-state index contributed by atoms with van der Waals surface area (Å²) < 4.78 is 8.65. The third kappa shape index (κ3) is 2.95. The van der Waals surface area contributed by atoms with Crippen molar-refractivity contribution in [3.63, 3.8) is 0 Å². The monoisotopic (exact) mass is 420 g/mol. The van der Waals surface area contributed by atoms with E-state index in [1.54, 1.807) is 4.68 Å². The minimum atomic E-state index is -0.846. The van der Waals surface area contributed by atoms with Crippen molar-refractivity contribution < 1.29 is 4.74 Å². The van der Waals surface area contributed by atoms with Crippen LogP contribution in [0.15, 0.2) is 58.6 Å². The molecule has 2 heterocycles. The lowest BCUT2D eigenvalue weighted by Gasteiger charge is -2.24. The standard InChI is InChI=1S/C21H17BrN4O/c1-12-3-9-16(10-4-12)26-21-18(13(2)25-26)19(17(11-23)20(24)27-21)14-5-7-15(22)8-6-14/h3-10,20H,24H2,1-2H3. The number of benzene rings is 2. The number of fused-ring (bicyclic) bond motifs is 1. The molecule has 0 aliphatic carbocycles. The Morgan fingerprint density at radius 3 is 2.41 bits per heavy atom. The molecule has 0 spiro atoms. The molecule has 134 valence electrons. The summed E-state index contributed by atoms with van der Waals surface area (Å²) in [5.41, 5.74) is 11.9. The number of nitriles is 1. The molecule has 1 unspecified atom stereocenters. The zero-order valence-corrected chi connectivity index (χ0v) is 16.5. The molecule has 1 atom stereocenters. The van der Waals surface area contributed by atoms with E-state index in [-0.39, 0.29) is 0 Å². The molecule has 1 aliphatic rings. The Kier molecular flexibility index (Phi) is 4.34. The molecule has 0 bridgehead atoms. The maximum absolute atomic E-state index is 9.71. The second kappa shape index (κ2) is 6.69. The molecule has 0 radical (unpaired) electrons. The van der Waals surface area contributed by atoms with E-state index in [1.807, 2.05) is 62.4 Å². The third-order valence-corrected chi connectivity index (χ3v) is 5.12. The molecule has 5 nitrogen and oxygen atoms in total. The van der Waals surface area contributed by atoms with Gasteiger partial charge in [0.25, 0.3) is 0 Å². The Labute approximate surface area is 165 Å². The number of aromatic nitrogens is 2. The molecule has 0 amide bonds. The number of rotatable bonds is 2. The summed E-state index contributed by atoms with van der Waals surface area (Å²) in [5.74, 6) is 0.556. The van der Waals surface area contributed by atoms with Crippen LogP contribution < -0.4 is 10.5 Å². The zero-order chi connectivity index (χ0) is 19.1. The number of nitrogens with two attached hydrogens (primary N) is 1. The second-order valence-electron chi connectivity index (χ2n) is 6.46. The van der Waals surface area contributed by atoms with Crippen LogP contribution in [0, 0.1) is 25.2 Å². The van der Waals surface area contributed by atoms with Gasteiger partial charge in [0.15, 0.2) is 6.23 Å². The highest BCUT2D eigenvalue weighted by atomic mass is 79.9. The lowest BCUT2D eigenvalue weighted by Crippen LogP contribution is -2.33. The summed E-state index contributed by atoms with van der Waals surface area (Å²) in [6.07, 6.45) is -0.846. The highest BCUT2D eigenvalue weighted by Gasteiger charge is 2.33. The predicted molar refractivity (Wildman–Crippen MR) is 107 cm³/mol. The van der Waals surface area contributed by atoms with Crippen molar-refractivity contribution in [3.8, 4) is 17.6 Å². The lowest BCUT2D eigenvalue weighted by molar-refractivity contribution is 0.228. The Morgan fingerprint density at radius 2 is 1.78 bits per heavy atom. The van der Waals surface area contributed by atoms with Crippen LogP contribution in [-0.2, 0) is 0 Å². The van der Waals surface area contributed by atoms with Gasteiger partial charge in [0.2, 0.25) is 5.88 Å². The Morgan fingerprint density at radius 1 is 1.11 bits per heavy atom. The molecular formula is C21H17BrN4O. The Hall–Kier alpha value is -2.88. The number of nitrogens with zero attached hydrogens (tertiary/aromatic N) is 3. The van der Waals surface area contributed by atoms with Crippen molar-refractivity contribution in [1.82, 2.24) is 9.78 Å². The first-order valence-corrected chi connectivity index (χ1v) is 9.28. The van der Waals surface area contributed by atoms with E-state index >= 15 is 0 Å². The van der Waals surface area contributed by atoms with Crippen molar-refractivity contribution in [1.29, 1.82) is 5.26 Å². The maximum Gasteiger partial charge on any atom is 0.226 e. The Bertz CT molecular complexity index is 1090. The predicted octanol–water partition coefficient (Wildman–Crippen LogP) is 4.25. The van der Waals surface area contributed by atoms with E-state index in [1.165, 1.54) is 0 Å². The second-order valence-corrected chi connectivity index (χ2v) is 7.37. The molecule has 0 fully saturated rings. The average molecular weight is 421 g/mol. The van der Waals surface area contributed by atoms with E-state index in [0.717, 1.165) is 38.1 Å². The molecule has 3 aromatic rings. The number of halogens is 1. The molecule has 4 rings (SSSR count). The van der Waals surface area contributed by atoms with Crippen LogP contribution >= 0.6 is 15.9 Å². The van der Waals surface area contributed by atoms with E-state index < -0.39 is 6.23 Å². The fraction of sp³-hybridized carbons (Fsp3) is 0.143. The maximum atomic E-state index is 9.71. The molecule has 0 saturated carbocycles. The van der Waals surface area contributed by atoms with Gasteiger partial charge in [-0.1, -0.05) is 45.8 Å². The summed E-state index contributed by atoms with van der Waals surface area (Å²) in [6.45, 7) is 3.95. The number of hydrogen-bond acceptors (Lipinski definition) is 4. The fourth-order valence-corrected chi connectivity index (χ4v) is 3.52. The van der Waals surface area contributed by atoms with Gasteiger partial charge in [0.1, 0.15) is 6.07 Å².